The minimum absolute atomic E-state index is 0.209. The standard InChI is InChI=1S/C36H25F6N3OS2/c1-18-23(16-28(47-18)20-12-14-21(46-3)15-13-20)30-31(35(39,40)36(41,42)34(30,37)38)24-17-29(48-19(24)2)33-43-25-9-5-4-8-22(25)32-44-26-10-6-7-11-27(26)45(32)33/h4-17,33,43H,1-3H3. The van der Waals surface area contributed by atoms with Crippen molar-refractivity contribution in [2.24, 2.45) is 0 Å². The molecule has 0 radical (unpaired) electrons. The van der Waals surface area contributed by atoms with Gasteiger partial charge in [0.2, 0.25) is 0 Å². The maximum absolute atomic E-state index is 16.0. The summed E-state index contributed by atoms with van der Waals surface area (Å²) in [5.74, 6) is -14.8. The smallest absolute Gasteiger partial charge is 0.380 e. The molecule has 0 spiro atoms. The number of rotatable bonds is 5. The number of nitrogens with one attached hydrogen (secondary N) is 1. The van der Waals surface area contributed by atoms with Gasteiger partial charge in [0.25, 0.3) is 0 Å². The molecule has 1 N–H and O–H groups in total. The first-order valence-electron chi connectivity index (χ1n) is 14.9. The number of imidazole rings is 1. The molecule has 3 aromatic carbocycles. The van der Waals surface area contributed by atoms with Gasteiger partial charge in [-0.1, -0.05) is 24.3 Å². The number of nitrogens with zero attached hydrogens (tertiary/aromatic N) is 2. The highest BCUT2D eigenvalue weighted by atomic mass is 32.1. The number of thiophene rings is 2. The second-order valence-corrected chi connectivity index (χ2v) is 14.3. The summed E-state index contributed by atoms with van der Waals surface area (Å²) in [5.41, 5.74) is 0.261. The molecule has 4 nitrogen and oxygen atoms in total. The number of ether oxygens (including phenoxy) is 1. The Morgan fingerprint density at radius 1 is 0.750 bits per heavy atom. The largest absolute Gasteiger partial charge is 0.497 e. The van der Waals surface area contributed by atoms with E-state index in [0.29, 0.717) is 32.4 Å². The number of aryl methyl sites for hydroxylation is 2. The Labute approximate surface area is 279 Å². The molecule has 244 valence electrons. The zero-order valence-electron chi connectivity index (χ0n) is 25.5. The first-order chi connectivity index (χ1) is 22.8. The van der Waals surface area contributed by atoms with E-state index in [9.17, 15) is 0 Å². The van der Waals surface area contributed by atoms with Gasteiger partial charge in [-0.15, -0.1) is 22.7 Å². The number of methoxy groups -OCH3 is 1. The van der Waals surface area contributed by atoms with Gasteiger partial charge in [-0.3, -0.25) is 4.57 Å². The maximum Gasteiger partial charge on any atom is 0.380 e. The summed E-state index contributed by atoms with van der Waals surface area (Å²) in [6.07, 6.45) is -0.676. The fourth-order valence-corrected chi connectivity index (χ4v) is 8.77. The van der Waals surface area contributed by atoms with Gasteiger partial charge in [0.1, 0.15) is 17.7 Å². The van der Waals surface area contributed by atoms with Crippen LogP contribution in [0.15, 0.2) is 84.9 Å². The summed E-state index contributed by atoms with van der Waals surface area (Å²) in [6.45, 7) is 2.97. The van der Waals surface area contributed by atoms with E-state index < -0.39 is 35.1 Å². The lowest BCUT2D eigenvalue weighted by Gasteiger charge is -2.29. The number of halogens is 6. The van der Waals surface area contributed by atoms with E-state index in [-0.39, 0.29) is 20.9 Å². The van der Waals surface area contributed by atoms with Crippen LogP contribution in [0.5, 0.6) is 5.75 Å². The summed E-state index contributed by atoms with van der Waals surface area (Å²) in [4.78, 5) is 6.20. The molecule has 0 fully saturated rings. The number of alkyl halides is 6. The van der Waals surface area contributed by atoms with Crippen LogP contribution in [0.4, 0.5) is 32.0 Å². The van der Waals surface area contributed by atoms with Crippen molar-refractivity contribution in [2.45, 2.75) is 37.8 Å². The highest BCUT2D eigenvalue weighted by molar-refractivity contribution is 7.15. The topological polar surface area (TPSA) is 39.1 Å². The van der Waals surface area contributed by atoms with Crippen LogP contribution in [0.25, 0.3) is 44.0 Å². The molecule has 6 aromatic rings. The molecule has 3 aromatic heterocycles. The van der Waals surface area contributed by atoms with E-state index in [1.165, 1.54) is 33.1 Å². The highest BCUT2D eigenvalue weighted by Gasteiger charge is 2.80. The SMILES string of the molecule is COc1ccc(-c2cc(C3=C(c4cc(C5Nc6ccccc6-c6nc7ccccc7n65)sc4C)C(F)(F)C(F)(F)C3(F)F)c(C)s2)cc1. The monoisotopic (exact) mass is 693 g/mol. The average Bonchev–Trinajstić information content (AvgIpc) is 3.79. The van der Waals surface area contributed by atoms with Crippen molar-refractivity contribution < 1.29 is 31.1 Å². The molecule has 1 aliphatic carbocycles. The Balaban J connectivity index is 1.32. The molecule has 0 amide bonds. The van der Waals surface area contributed by atoms with E-state index in [1.807, 2.05) is 53.1 Å². The number of hydrogen-bond donors (Lipinski definition) is 1. The Hall–Kier alpha value is -4.55. The summed E-state index contributed by atoms with van der Waals surface area (Å²) < 4.78 is 101. The summed E-state index contributed by atoms with van der Waals surface area (Å²) in [7, 11) is 1.50. The van der Waals surface area contributed by atoms with Crippen LogP contribution >= 0.6 is 22.7 Å². The summed E-state index contributed by atoms with van der Waals surface area (Å²) in [5, 5.41) is 3.44. The number of fused-ring (bicyclic) bond motifs is 5. The van der Waals surface area contributed by atoms with E-state index in [0.717, 1.165) is 39.4 Å². The van der Waals surface area contributed by atoms with Crippen LogP contribution in [0.3, 0.4) is 0 Å². The van der Waals surface area contributed by atoms with Crippen molar-refractivity contribution >= 4 is 50.5 Å². The molecule has 2 aliphatic rings. The fourth-order valence-electron chi connectivity index (χ4n) is 6.66. The molecule has 1 aliphatic heterocycles. The van der Waals surface area contributed by atoms with Crippen LogP contribution in [0.2, 0.25) is 0 Å². The van der Waals surface area contributed by atoms with Crippen LogP contribution in [0.1, 0.15) is 31.9 Å². The van der Waals surface area contributed by atoms with Crippen molar-refractivity contribution in [3.63, 3.8) is 0 Å². The number of allylic oxidation sites excluding steroid dienone is 2. The molecule has 0 bridgehead atoms. The van der Waals surface area contributed by atoms with Crippen molar-refractivity contribution in [2.75, 3.05) is 12.4 Å². The third-order valence-electron chi connectivity index (χ3n) is 9.02. The second-order valence-electron chi connectivity index (χ2n) is 11.8. The third kappa shape index (κ3) is 4.18. The van der Waals surface area contributed by atoms with Crippen LogP contribution in [-0.2, 0) is 0 Å². The Kier molecular flexibility index (Phi) is 6.71. The van der Waals surface area contributed by atoms with Gasteiger partial charge in [-0.2, -0.15) is 26.3 Å². The first-order valence-corrected chi connectivity index (χ1v) is 16.6. The minimum atomic E-state index is -5.66. The molecule has 48 heavy (non-hydrogen) atoms. The van der Waals surface area contributed by atoms with Gasteiger partial charge in [-0.05, 0) is 91.2 Å². The Morgan fingerprint density at radius 2 is 1.38 bits per heavy atom. The first kappa shape index (κ1) is 30.8. The number of benzene rings is 3. The minimum Gasteiger partial charge on any atom is -0.497 e. The number of aromatic nitrogens is 2. The quantitative estimate of drug-likeness (QED) is 0.183. The van der Waals surface area contributed by atoms with Crippen LogP contribution < -0.4 is 10.1 Å². The Morgan fingerprint density at radius 3 is 2.08 bits per heavy atom. The lowest BCUT2D eigenvalue weighted by atomic mass is 9.94. The predicted octanol–water partition coefficient (Wildman–Crippen LogP) is 10.9. The molecule has 0 saturated heterocycles. The van der Waals surface area contributed by atoms with Crippen LogP contribution in [0, 0.1) is 13.8 Å². The molecule has 0 saturated carbocycles. The van der Waals surface area contributed by atoms with Gasteiger partial charge in [0.15, 0.2) is 0 Å². The van der Waals surface area contributed by atoms with Gasteiger partial charge < -0.3 is 10.1 Å². The van der Waals surface area contributed by atoms with Crippen molar-refractivity contribution in [1.82, 2.24) is 9.55 Å². The van der Waals surface area contributed by atoms with E-state index in [2.05, 4.69) is 5.32 Å². The zero-order chi connectivity index (χ0) is 33.7. The Bertz CT molecular complexity index is 2280. The lowest BCUT2D eigenvalue weighted by Crippen LogP contribution is -2.48. The number of hydrogen-bond acceptors (Lipinski definition) is 5. The molecule has 4 heterocycles. The molecule has 1 atom stereocenters. The average molecular weight is 694 g/mol. The van der Waals surface area contributed by atoms with Crippen molar-refractivity contribution in [1.29, 1.82) is 0 Å². The van der Waals surface area contributed by atoms with Crippen molar-refractivity contribution in [3.8, 4) is 27.6 Å². The van der Waals surface area contributed by atoms with E-state index in [4.69, 9.17) is 9.72 Å². The lowest BCUT2D eigenvalue weighted by molar-refractivity contribution is -0.254. The number of anilines is 1. The van der Waals surface area contributed by atoms with E-state index >= 15 is 26.3 Å². The fraction of sp³-hybridized carbons (Fsp3) is 0.194. The zero-order valence-corrected chi connectivity index (χ0v) is 27.2. The summed E-state index contributed by atoms with van der Waals surface area (Å²) in [6, 6.07) is 24.3. The summed E-state index contributed by atoms with van der Waals surface area (Å²) >= 11 is 2.16. The molecule has 1 unspecified atom stereocenters. The molecule has 8 rings (SSSR count). The third-order valence-corrected chi connectivity index (χ3v) is 11.2. The molecular formula is C36H25F6N3OS2. The number of para-hydroxylation sites is 3. The van der Waals surface area contributed by atoms with Gasteiger partial charge in [-0.25, -0.2) is 4.98 Å². The molecular weight excluding hydrogens is 669 g/mol. The van der Waals surface area contributed by atoms with E-state index in [1.54, 1.807) is 24.3 Å². The maximum atomic E-state index is 16.0. The van der Waals surface area contributed by atoms with Gasteiger partial charge in [0.05, 0.1) is 18.1 Å². The van der Waals surface area contributed by atoms with Gasteiger partial charge in [0, 0.05) is 41.9 Å². The normalized spacial score (nSPS) is 18.9. The molecule has 12 heteroatoms. The van der Waals surface area contributed by atoms with Gasteiger partial charge >= 0.3 is 17.8 Å². The highest BCUT2D eigenvalue weighted by Crippen LogP contribution is 2.66. The van der Waals surface area contributed by atoms with Crippen molar-refractivity contribution in [3.05, 3.63) is 111 Å². The predicted molar refractivity (Wildman–Crippen MR) is 179 cm³/mol. The van der Waals surface area contributed by atoms with Crippen LogP contribution in [-0.4, -0.2) is 34.4 Å². The second kappa shape index (κ2) is 10.5.